The molecule has 0 aromatic heterocycles. The van der Waals surface area contributed by atoms with E-state index in [9.17, 15) is 19.8 Å². The van der Waals surface area contributed by atoms with Crippen LogP contribution in [0.5, 0.6) is 0 Å². The number of carbonyl (C=O) groups is 2. The molecule has 1 aliphatic heterocycles. The van der Waals surface area contributed by atoms with Crippen LogP contribution in [0.3, 0.4) is 0 Å². The summed E-state index contributed by atoms with van der Waals surface area (Å²) in [7, 11) is 0. The third-order valence-corrected chi connectivity index (χ3v) is 7.31. The van der Waals surface area contributed by atoms with Crippen LogP contribution in [0, 0.1) is 23.7 Å². The molecule has 2 aliphatic carbocycles. The maximum Gasteiger partial charge on any atom is 0.309 e. The van der Waals surface area contributed by atoms with Crippen LogP contribution in [-0.4, -0.2) is 46.6 Å². The molecule has 0 aromatic rings. The molecule has 2 N–H and O–H groups in total. The predicted octanol–water partition coefficient (Wildman–Crippen LogP) is 4.09. The van der Waals surface area contributed by atoms with Gasteiger partial charge >= 0.3 is 11.9 Å². The van der Waals surface area contributed by atoms with Crippen LogP contribution in [0.2, 0.25) is 0 Å². The largest absolute Gasteiger partial charge is 0.462 e. The lowest BCUT2D eigenvalue weighted by molar-refractivity contribution is -0.163. The van der Waals surface area contributed by atoms with Gasteiger partial charge in [0.05, 0.1) is 24.5 Å². The maximum absolute atomic E-state index is 13.0. The van der Waals surface area contributed by atoms with Crippen LogP contribution >= 0.6 is 0 Å². The number of hydrogen-bond acceptors (Lipinski definition) is 6. The Balaban J connectivity index is 1.74. The monoisotopic (exact) mass is 448 g/mol. The number of hydrogen-bond donors (Lipinski definition) is 2. The topological polar surface area (TPSA) is 93.1 Å². The molecule has 0 radical (unpaired) electrons. The Morgan fingerprint density at radius 3 is 2.56 bits per heavy atom. The number of esters is 2. The number of aliphatic hydroxyl groups excluding tert-OH is 2. The number of fused-ring (bicyclic) bond motifs is 1. The minimum Gasteiger partial charge on any atom is -0.462 e. The standard InChI is InChI=1S/C26H40O6/c1-4-6-17(7-5-2)26(30)32-23-14-19(27)12-18-9-8-16(3)22(25(18)23)11-10-21-13-20(28)15-24(29)31-21/h8-9,12,16-17,19-23,25,27-28H,4-7,10-11,13-15H2,1-3H3/t16-,19+,20+,21+,22-,23-,25-/m0/s1. The Labute approximate surface area is 192 Å². The fraction of sp³-hybridized carbons (Fsp3) is 0.769. The van der Waals surface area contributed by atoms with Crippen molar-refractivity contribution in [3.63, 3.8) is 0 Å². The van der Waals surface area contributed by atoms with Crippen molar-refractivity contribution in [2.75, 3.05) is 0 Å². The summed E-state index contributed by atoms with van der Waals surface area (Å²) >= 11 is 0. The lowest BCUT2D eigenvalue weighted by Crippen LogP contribution is -2.43. The zero-order chi connectivity index (χ0) is 23.3. The van der Waals surface area contributed by atoms with Crippen molar-refractivity contribution in [1.29, 1.82) is 0 Å². The van der Waals surface area contributed by atoms with Crippen molar-refractivity contribution in [2.24, 2.45) is 23.7 Å². The van der Waals surface area contributed by atoms with Gasteiger partial charge in [0.2, 0.25) is 0 Å². The summed E-state index contributed by atoms with van der Waals surface area (Å²) in [5.74, 6) is -0.0519. The van der Waals surface area contributed by atoms with Gasteiger partial charge in [0.25, 0.3) is 0 Å². The lowest BCUT2D eigenvalue weighted by atomic mass is 9.66. The van der Waals surface area contributed by atoms with Gasteiger partial charge < -0.3 is 19.7 Å². The van der Waals surface area contributed by atoms with E-state index in [1.54, 1.807) is 0 Å². The second-order valence-corrected chi connectivity index (χ2v) is 9.91. The van der Waals surface area contributed by atoms with Gasteiger partial charge in [-0.25, -0.2) is 0 Å². The van der Waals surface area contributed by atoms with E-state index in [2.05, 4.69) is 32.9 Å². The van der Waals surface area contributed by atoms with Gasteiger partial charge in [-0.15, -0.1) is 0 Å². The fourth-order valence-corrected chi connectivity index (χ4v) is 5.73. The van der Waals surface area contributed by atoms with Crippen LogP contribution in [0.15, 0.2) is 23.8 Å². The highest BCUT2D eigenvalue weighted by atomic mass is 16.6. The van der Waals surface area contributed by atoms with Crippen molar-refractivity contribution < 1.29 is 29.3 Å². The highest BCUT2D eigenvalue weighted by molar-refractivity contribution is 5.72. The number of rotatable bonds is 9. The average Bonchev–Trinajstić information content (AvgIpc) is 2.72. The van der Waals surface area contributed by atoms with E-state index >= 15 is 0 Å². The number of allylic oxidation sites excluding steroid dienone is 2. The van der Waals surface area contributed by atoms with E-state index in [0.717, 1.165) is 37.7 Å². The zero-order valence-electron chi connectivity index (χ0n) is 19.7. The van der Waals surface area contributed by atoms with Crippen LogP contribution in [0.25, 0.3) is 0 Å². The third-order valence-electron chi connectivity index (χ3n) is 7.31. The molecule has 0 bridgehead atoms. The summed E-state index contributed by atoms with van der Waals surface area (Å²) in [6.07, 6.45) is 10.2. The van der Waals surface area contributed by atoms with Crippen LogP contribution < -0.4 is 0 Å². The molecule has 0 amide bonds. The fourth-order valence-electron chi connectivity index (χ4n) is 5.73. The van der Waals surface area contributed by atoms with Gasteiger partial charge in [-0.05, 0) is 43.1 Å². The summed E-state index contributed by atoms with van der Waals surface area (Å²) < 4.78 is 11.6. The van der Waals surface area contributed by atoms with Gasteiger partial charge in [0.15, 0.2) is 0 Å². The van der Waals surface area contributed by atoms with Crippen molar-refractivity contribution in [3.05, 3.63) is 23.8 Å². The molecule has 3 aliphatic rings. The third kappa shape index (κ3) is 6.22. The van der Waals surface area contributed by atoms with Gasteiger partial charge in [-0.3, -0.25) is 9.59 Å². The molecule has 6 nitrogen and oxygen atoms in total. The normalized spacial score (nSPS) is 34.6. The van der Waals surface area contributed by atoms with Gasteiger partial charge in [0.1, 0.15) is 12.2 Å². The summed E-state index contributed by atoms with van der Waals surface area (Å²) in [4.78, 5) is 24.7. The molecule has 0 spiro atoms. The first-order valence-corrected chi connectivity index (χ1v) is 12.5. The molecule has 7 atom stereocenters. The molecule has 0 saturated carbocycles. The Bertz CT molecular complexity index is 707. The summed E-state index contributed by atoms with van der Waals surface area (Å²) in [5.41, 5.74) is 1.04. The molecule has 1 saturated heterocycles. The van der Waals surface area contributed by atoms with Crippen molar-refractivity contribution in [2.45, 2.75) is 103 Å². The van der Waals surface area contributed by atoms with Gasteiger partial charge in [-0.1, -0.05) is 51.8 Å². The SMILES string of the molecule is CCCC(CCC)C(=O)O[C@H]1C[C@H](O)C=C2C=C[C@H](C)[C@H](CC[C@@H]3C[C@@H](O)CC(=O)O3)[C@H]21. The number of cyclic esters (lactones) is 1. The minimum atomic E-state index is -0.632. The summed E-state index contributed by atoms with van der Waals surface area (Å²) in [6.45, 7) is 6.33. The maximum atomic E-state index is 13.0. The van der Waals surface area contributed by atoms with Crippen molar-refractivity contribution >= 4 is 11.9 Å². The van der Waals surface area contributed by atoms with E-state index in [1.807, 2.05) is 6.08 Å². The number of ether oxygens (including phenoxy) is 2. The van der Waals surface area contributed by atoms with E-state index in [4.69, 9.17) is 9.47 Å². The molecular formula is C26H40O6. The van der Waals surface area contributed by atoms with E-state index in [1.165, 1.54) is 0 Å². The van der Waals surface area contributed by atoms with E-state index in [-0.39, 0.29) is 54.2 Å². The summed E-state index contributed by atoms with van der Waals surface area (Å²) in [5, 5.41) is 20.4. The van der Waals surface area contributed by atoms with Gasteiger partial charge in [0, 0.05) is 18.8 Å². The minimum absolute atomic E-state index is 0.0236. The molecule has 32 heavy (non-hydrogen) atoms. The second-order valence-electron chi connectivity index (χ2n) is 9.91. The quantitative estimate of drug-likeness (QED) is 0.516. The number of aliphatic hydroxyl groups is 2. The molecule has 1 fully saturated rings. The molecule has 0 unspecified atom stereocenters. The highest BCUT2D eigenvalue weighted by Crippen LogP contribution is 2.44. The van der Waals surface area contributed by atoms with Crippen LogP contribution in [0.1, 0.15) is 78.6 Å². The first kappa shape index (κ1) is 25.0. The Morgan fingerprint density at radius 1 is 1.19 bits per heavy atom. The summed E-state index contributed by atoms with van der Waals surface area (Å²) in [6, 6.07) is 0. The van der Waals surface area contributed by atoms with Crippen molar-refractivity contribution in [3.8, 4) is 0 Å². The molecule has 6 heteroatoms. The molecular weight excluding hydrogens is 408 g/mol. The smallest absolute Gasteiger partial charge is 0.309 e. The van der Waals surface area contributed by atoms with E-state index < -0.39 is 12.2 Å². The van der Waals surface area contributed by atoms with Crippen LogP contribution in [-0.2, 0) is 19.1 Å². The average molecular weight is 449 g/mol. The molecule has 3 rings (SSSR count). The van der Waals surface area contributed by atoms with Crippen LogP contribution in [0.4, 0.5) is 0 Å². The molecule has 0 aromatic carbocycles. The molecule has 180 valence electrons. The first-order chi connectivity index (χ1) is 15.3. The lowest BCUT2D eigenvalue weighted by Gasteiger charge is -2.43. The Morgan fingerprint density at radius 2 is 1.91 bits per heavy atom. The number of carbonyl (C=O) groups excluding carboxylic acids is 2. The zero-order valence-corrected chi connectivity index (χ0v) is 19.7. The molecule has 1 heterocycles. The Hall–Kier alpha value is -1.66. The predicted molar refractivity (Wildman–Crippen MR) is 122 cm³/mol. The van der Waals surface area contributed by atoms with Gasteiger partial charge in [-0.2, -0.15) is 0 Å². The Kier molecular flexibility index (Phi) is 8.95. The van der Waals surface area contributed by atoms with E-state index in [0.29, 0.717) is 19.3 Å². The highest BCUT2D eigenvalue weighted by Gasteiger charge is 2.42. The van der Waals surface area contributed by atoms with Crippen molar-refractivity contribution in [1.82, 2.24) is 0 Å². The first-order valence-electron chi connectivity index (χ1n) is 12.5. The second kappa shape index (κ2) is 11.5.